The van der Waals surface area contributed by atoms with Crippen molar-refractivity contribution in [2.75, 3.05) is 11.9 Å². The lowest BCUT2D eigenvalue weighted by Gasteiger charge is -2.29. The molecule has 158 valence electrons. The van der Waals surface area contributed by atoms with E-state index in [1.807, 2.05) is 71.6 Å². The van der Waals surface area contributed by atoms with Crippen LogP contribution in [0, 0.1) is 0 Å². The van der Waals surface area contributed by atoms with Crippen LogP contribution in [-0.4, -0.2) is 23.3 Å². The monoisotopic (exact) mass is 412 g/mol. The number of hydrogen-bond donors (Lipinski definition) is 1. The summed E-state index contributed by atoms with van der Waals surface area (Å²) in [7, 11) is 0. The van der Waals surface area contributed by atoms with Crippen molar-refractivity contribution in [2.45, 2.75) is 39.2 Å². The van der Waals surface area contributed by atoms with Gasteiger partial charge >= 0.3 is 0 Å². The molecule has 1 heterocycles. The summed E-state index contributed by atoms with van der Waals surface area (Å²) in [4.78, 5) is 27.4. The largest absolute Gasteiger partial charge is 0.334 e. The highest BCUT2D eigenvalue weighted by atomic mass is 16.2. The molecule has 0 bridgehead atoms. The molecule has 0 radical (unpaired) electrons. The highest BCUT2D eigenvalue weighted by Gasteiger charge is 2.22. The zero-order valence-corrected chi connectivity index (χ0v) is 18.3. The zero-order chi connectivity index (χ0) is 22.0. The van der Waals surface area contributed by atoms with E-state index < -0.39 is 0 Å². The molecule has 1 aliphatic heterocycles. The predicted octanol–water partition coefficient (Wildman–Crippen LogP) is 5.43. The van der Waals surface area contributed by atoms with Crippen molar-refractivity contribution < 1.29 is 9.59 Å². The first kappa shape index (κ1) is 20.9. The highest BCUT2D eigenvalue weighted by molar-refractivity contribution is 6.04. The Bertz CT molecular complexity index is 1100. The highest BCUT2D eigenvalue weighted by Crippen LogP contribution is 2.25. The average Bonchev–Trinajstić information content (AvgIpc) is 2.78. The van der Waals surface area contributed by atoms with Crippen LogP contribution in [0.5, 0.6) is 0 Å². The number of amides is 2. The van der Waals surface area contributed by atoms with Gasteiger partial charge in [0.2, 0.25) is 0 Å². The van der Waals surface area contributed by atoms with E-state index in [1.165, 1.54) is 11.1 Å². The Hall–Kier alpha value is -3.40. The second-order valence-electron chi connectivity index (χ2n) is 9.11. The van der Waals surface area contributed by atoms with E-state index in [0.717, 1.165) is 17.7 Å². The van der Waals surface area contributed by atoms with E-state index in [-0.39, 0.29) is 17.2 Å². The Morgan fingerprint density at radius 3 is 2.23 bits per heavy atom. The van der Waals surface area contributed by atoms with Gasteiger partial charge in [0.15, 0.2) is 0 Å². The minimum Gasteiger partial charge on any atom is -0.334 e. The summed E-state index contributed by atoms with van der Waals surface area (Å²) in [6.07, 6.45) is 0.816. The van der Waals surface area contributed by atoms with Crippen LogP contribution in [0.15, 0.2) is 72.8 Å². The third-order valence-corrected chi connectivity index (χ3v) is 5.80. The normalized spacial score (nSPS) is 13.5. The van der Waals surface area contributed by atoms with Crippen molar-refractivity contribution in [2.24, 2.45) is 0 Å². The SMILES string of the molecule is CC(C)(C)c1ccc(C(=O)Nc2ccc3c(c2)CN(C(=O)c2ccccc2)CC3)cc1. The number of anilines is 1. The molecule has 3 aromatic carbocycles. The van der Waals surface area contributed by atoms with Crippen molar-refractivity contribution >= 4 is 17.5 Å². The zero-order valence-electron chi connectivity index (χ0n) is 18.3. The Kier molecular flexibility index (Phi) is 5.64. The molecule has 0 spiro atoms. The minimum atomic E-state index is -0.131. The summed E-state index contributed by atoms with van der Waals surface area (Å²) in [6.45, 7) is 7.71. The molecule has 3 aromatic rings. The first-order valence-electron chi connectivity index (χ1n) is 10.7. The topological polar surface area (TPSA) is 49.4 Å². The van der Waals surface area contributed by atoms with E-state index in [0.29, 0.717) is 24.2 Å². The summed E-state index contributed by atoms with van der Waals surface area (Å²) >= 11 is 0. The van der Waals surface area contributed by atoms with Crippen LogP contribution in [0.1, 0.15) is 58.2 Å². The molecule has 0 saturated heterocycles. The summed E-state index contributed by atoms with van der Waals surface area (Å²) < 4.78 is 0. The van der Waals surface area contributed by atoms with Crippen LogP contribution in [0.2, 0.25) is 0 Å². The van der Waals surface area contributed by atoms with E-state index in [1.54, 1.807) is 0 Å². The van der Waals surface area contributed by atoms with Gasteiger partial charge in [0.05, 0.1) is 0 Å². The summed E-state index contributed by atoms with van der Waals surface area (Å²) in [6, 6.07) is 23.1. The molecule has 4 nitrogen and oxygen atoms in total. The fraction of sp³-hybridized carbons (Fsp3) is 0.259. The van der Waals surface area contributed by atoms with Gasteiger partial charge in [0.1, 0.15) is 0 Å². The van der Waals surface area contributed by atoms with Gasteiger partial charge in [0.25, 0.3) is 11.8 Å². The smallest absolute Gasteiger partial charge is 0.255 e. The van der Waals surface area contributed by atoms with Gasteiger partial charge < -0.3 is 10.2 Å². The standard InChI is InChI=1S/C27H28N2O2/c1-27(2,3)23-12-9-20(10-13-23)25(30)28-24-14-11-19-15-16-29(18-22(19)17-24)26(31)21-7-5-4-6-8-21/h4-14,17H,15-16,18H2,1-3H3,(H,28,30). The quantitative estimate of drug-likeness (QED) is 0.623. The Balaban J connectivity index is 1.47. The van der Waals surface area contributed by atoms with Crippen LogP contribution in [0.25, 0.3) is 0 Å². The molecular weight excluding hydrogens is 384 g/mol. The van der Waals surface area contributed by atoms with Gasteiger partial charge in [-0.25, -0.2) is 0 Å². The molecule has 4 heteroatoms. The number of carbonyl (C=O) groups excluding carboxylic acids is 2. The molecule has 0 aliphatic carbocycles. The maximum Gasteiger partial charge on any atom is 0.255 e. The molecule has 0 saturated carbocycles. The van der Waals surface area contributed by atoms with Crippen molar-refractivity contribution in [1.82, 2.24) is 4.90 Å². The summed E-state index contributed by atoms with van der Waals surface area (Å²) in [5.41, 5.74) is 5.64. The van der Waals surface area contributed by atoms with E-state index >= 15 is 0 Å². The van der Waals surface area contributed by atoms with Crippen LogP contribution in [-0.2, 0) is 18.4 Å². The molecule has 4 rings (SSSR count). The molecule has 0 fully saturated rings. The average molecular weight is 413 g/mol. The number of fused-ring (bicyclic) bond motifs is 1. The number of nitrogens with one attached hydrogen (secondary N) is 1. The number of nitrogens with zero attached hydrogens (tertiary/aromatic N) is 1. The molecule has 0 atom stereocenters. The van der Waals surface area contributed by atoms with Crippen molar-refractivity contribution in [3.8, 4) is 0 Å². The first-order valence-corrected chi connectivity index (χ1v) is 10.7. The van der Waals surface area contributed by atoms with Gasteiger partial charge in [-0.05, 0) is 64.9 Å². The van der Waals surface area contributed by atoms with Crippen molar-refractivity contribution in [3.05, 3.63) is 101 Å². The fourth-order valence-electron chi connectivity index (χ4n) is 3.90. The number of hydrogen-bond acceptors (Lipinski definition) is 2. The Morgan fingerprint density at radius 1 is 0.839 bits per heavy atom. The van der Waals surface area contributed by atoms with Crippen LogP contribution in [0.4, 0.5) is 5.69 Å². The Labute approximate surface area is 183 Å². The maximum atomic E-state index is 12.8. The molecule has 2 amide bonds. The van der Waals surface area contributed by atoms with Gasteiger partial charge in [0, 0.05) is 29.9 Å². The van der Waals surface area contributed by atoms with E-state index in [4.69, 9.17) is 0 Å². The van der Waals surface area contributed by atoms with E-state index in [2.05, 4.69) is 32.2 Å². The number of benzene rings is 3. The van der Waals surface area contributed by atoms with Gasteiger partial charge in [-0.3, -0.25) is 9.59 Å². The third-order valence-electron chi connectivity index (χ3n) is 5.80. The summed E-state index contributed by atoms with van der Waals surface area (Å²) in [5.74, 6) is -0.0898. The number of carbonyl (C=O) groups is 2. The van der Waals surface area contributed by atoms with Gasteiger partial charge in [-0.15, -0.1) is 0 Å². The lowest BCUT2D eigenvalue weighted by atomic mass is 9.86. The molecule has 1 aliphatic rings. The first-order chi connectivity index (χ1) is 14.8. The van der Waals surface area contributed by atoms with Crippen molar-refractivity contribution in [3.63, 3.8) is 0 Å². The molecule has 0 aromatic heterocycles. The van der Waals surface area contributed by atoms with Gasteiger partial charge in [-0.2, -0.15) is 0 Å². The van der Waals surface area contributed by atoms with Crippen LogP contribution in [0.3, 0.4) is 0 Å². The summed E-state index contributed by atoms with van der Waals surface area (Å²) in [5, 5.41) is 3.00. The lowest BCUT2D eigenvalue weighted by molar-refractivity contribution is 0.0734. The minimum absolute atomic E-state index is 0.0413. The molecule has 0 unspecified atom stereocenters. The fourth-order valence-corrected chi connectivity index (χ4v) is 3.90. The second-order valence-corrected chi connectivity index (χ2v) is 9.11. The maximum absolute atomic E-state index is 12.8. The second kappa shape index (κ2) is 8.38. The van der Waals surface area contributed by atoms with Gasteiger partial charge in [-0.1, -0.05) is 57.2 Å². The Morgan fingerprint density at radius 2 is 1.55 bits per heavy atom. The van der Waals surface area contributed by atoms with Crippen LogP contribution < -0.4 is 5.32 Å². The van der Waals surface area contributed by atoms with Crippen LogP contribution >= 0.6 is 0 Å². The third kappa shape index (κ3) is 4.69. The van der Waals surface area contributed by atoms with E-state index in [9.17, 15) is 9.59 Å². The molecule has 31 heavy (non-hydrogen) atoms. The number of rotatable bonds is 3. The lowest BCUT2D eigenvalue weighted by Crippen LogP contribution is -2.36. The predicted molar refractivity (Wildman–Crippen MR) is 124 cm³/mol. The molecular formula is C27H28N2O2. The van der Waals surface area contributed by atoms with Crippen molar-refractivity contribution in [1.29, 1.82) is 0 Å². The molecule has 1 N–H and O–H groups in total.